The van der Waals surface area contributed by atoms with Crippen LogP contribution in [0, 0.1) is 0 Å². The summed E-state index contributed by atoms with van der Waals surface area (Å²) in [6.07, 6.45) is 3.45. The normalized spacial score (nSPS) is 14.4. The molecule has 0 fully saturated rings. The van der Waals surface area contributed by atoms with Crippen molar-refractivity contribution < 1.29 is 19.4 Å². The SMILES string of the molecule is CC(=O)O.CC1=C(C(=O)OC(C)C)C(c2cccs2)n2c(s/c(=C/c3cn(-c4ccccc4)nc3-c3ccc(Cl)cc3)c2=O)=N1. The number of carboxylic acid groups (broad SMARTS) is 1. The summed E-state index contributed by atoms with van der Waals surface area (Å²) in [5.41, 5.74) is 3.93. The number of hydrogen-bond acceptors (Lipinski definition) is 8. The van der Waals surface area contributed by atoms with Crippen molar-refractivity contribution in [1.29, 1.82) is 0 Å². The molecule has 0 saturated carbocycles. The molecule has 230 valence electrons. The maximum Gasteiger partial charge on any atom is 0.338 e. The van der Waals surface area contributed by atoms with Crippen molar-refractivity contribution in [2.24, 2.45) is 4.99 Å². The number of esters is 1. The van der Waals surface area contributed by atoms with Crippen LogP contribution < -0.4 is 14.9 Å². The lowest BCUT2D eigenvalue weighted by Crippen LogP contribution is -2.39. The van der Waals surface area contributed by atoms with E-state index in [1.807, 2.05) is 84.4 Å². The maximum atomic E-state index is 14.1. The van der Waals surface area contributed by atoms with Crippen LogP contribution in [-0.2, 0) is 14.3 Å². The molecule has 0 spiro atoms. The zero-order chi connectivity index (χ0) is 32.2. The minimum Gasteiger partial charge on any atom is -0.481 e. The number of thiophene rings is 1. The third-order valence-electron chi connectivity index (χ3n) is 6.56. The number of fused-ring (bicyclic) bond motifs is 1. The fourth-order valence-electron chi connectivity index (χ4n) is 4.76. The molecule has 0 bridgehead atoms. The Morgan fingerprint density at radius 2 is 1.76 bits per heavy atom. The molecule has 45 heavy (non-hydrogen) atoms. The molecule has 9 nitrogen and oxygen atoms in total. The number of halogens is 1. The summed E-state index contributed by atoms with van der Waals surface area (Å²) >= 11 is 8.93. The number of aromatic nitrogens is 3. The Morgan fingerprint density at radius 3 is 2.38 bits per heavy atom. The fraction of sp³-hybridized carbons (Fsp3) is 0.182. The number of hydrogen-bond donors (Lipinski definition) is 1. The van der Waals surface area contributed by atoms with Gasteiger partial charge in [0, 0.05) is 34.1 Å². The van der Waals surface area contributed by atoms with Gasteiger partial charge in [-0.25, -0.2) is 14.5 Å². The molecule has 1 aliphatic rings. The third-order valence-corrected chi connectivity index (χ3v) is 8.72. The number of ether oxygens (including phenoxy) is 1. The Morgan fingerprint density at radius 1 is 1.07 bits per heavy atom. The highest BCUT2D eigenvalue weighted by Gasteiger charge is 2.34. The van der Waals surface area contributed by atoms with Gasteiger partial charge in [0.25, 0.3) is 11.5 Å². The van der Waals surface area contributed by atoms with E-state index in [0.29, 0.717) is 31.3 Å². The minimum atomic E-state index is -0.833. The van der Waals surface area contributed by atoms with Crippen molar-refractivity contribution in [2.75, 3.05) is 0 Å². The molecule has 3 aromatic heterocycles. The Bertz CT molecular complexity index is 2060. The van der Waals surface area contributed by atoms with Gasteiger partial charge in [-0.05, 0) is 62.6 Å². The Kier molecular flexibility index (Phi) is 9.62. The number of para-hydroxylation sites is 1. The number of carbonyl (C=O) groups excluding carboxylic acids is 1. The standard InChI is InChI=1S/C31H25ClN4O3S2.C2H4O2/c1-18(2)39-30(38)26-19(3)33-31-36(28(26)24-10-7-15-40-24)29(37)25(41-31)16-21-17-35(23-8-5-4-6-9-23)34-27(21)20-11-13-22(32)14-12-20;1-2(3)4/h4-18,28H,1-3H3;1H3,(H,3,4)/b25-16+;. The summed E-state index contributed by atoms with van der Waals surface area (Å²) in [6.45, 7) is 6.48. The summed E-state index contributed by atoms with van der Waals surface area (Å²) in [5, 5.41) is 14.8. The molecule has 0 aliphatic carbocycles. The van der Waals surface area contributed by atoms with Crippen molar-refractivity contribution in [3.8, 4) is 16.9 Å². The number of benzene rings is 2. The monoisotopic (exact) mass is 660 g/mol. The zero-order valence-electron chi connectivity index (χ0n) is 24.8. The summed E-state index contributed by atoms with van der Waals surface area (Å²) in [6, 6.07) is 20.5. The van der Waals surface area contributed by atoms with E-state index in [1.54, 1.807) is 30.0 Å². The number of carbonyl (C=O) groups is 2. The second-order valence-corrected chi connectivity index (χ2v) is 12.7. The maximum absolute atomic E-state index is 14.1. The van der Waals surface area contributed by atoms with E-state index < -0.39 is 18.0 Å². The fourth-order valence-corrected chi connectivity index (χ4v) is 6.74. The number of allylic oxidation sites excluding steroid dienone is 1. The van der Waals surface area contributed by atoms with E-state index in [1.165, 1.54) is 22.7 Å². The molecule has 0 saturated heterocycles. The molecule has 12 heteroatoms. The van der Waals surface area contributed by atoms with Gasteiger partial charge >= 0.3 is 5.97 Å². The average molecular weight is 661 g/mol. The lowest BCUT2D eigenvalue weighted by atomic mass is 10.0. The van der Waals surface area contributed by atoms with Crippen LogP contribution in [0.1, 0.15) is 44.2 Å². The first-order chi connectivity index (χ1) is 21.5. The molecule has 4 heterocycles. The van der Waals surface area contributed by atoms with Gasteiger partial charge < -0.3 is 9.84 Å². The Labute approximate surface area is 271 Å². The Hall–Kier alpha value is -4.58. The van der Waals surface area contributed by atoms with Gasteiger partial charge in [-0.15, -0.1) is 11.3 Å². The molecule has 2 aromatic carbocycles. The Balaban J connectivity index is 0.000000945. The van der Waals surface area contributed by atoms with Gasteiger partial charge in [-0.3, -0.25) is 14.2 Å². The van der Waals surface area contributed by atoms with Gasteiger partial charge in [-0.2, -0.15) is 5.10 Å². The third kappa shape index (κ3) is 7.06. The van der Waals surface area contributed by atoms with Crippen molar-refractivity contribution >= 4 is 52.3 Å². The van der Waals surface area contributed by atoms with Gasteiger partial charge in [-0.1, -0.05) is 59.3 Å². The number of aliphatic carboxylic acids is 1. The lowest BCUT2D eigenvalue weighted by molar-refractivity contribution is -0.143. The molecule has 5 aromatic rings. The largest absolute Gasteiger partial charge is 0.481 e. The predicted molar refractivity (Wildman–Crippen MR) is 177 cm³/mol. The molecular weight excluding hydrogens is 632 g/mol. The highest BCUT2D eigenvalue weighted by Crippen LogP contribution is 2.33. The summed E-state index contributed by atoms with van der Waals surface area (Å²) in [7, 11) is 0. The van der Waals surface area contributed by atoms with E-state index in [4.69, 9.17) is 36.3 Å². The molecule has 0 radical (unpaired) electrons. The van der Waals surface area contributed by atoms with Gasteiger partial charge in [0.2, 0.25) is 0 Å². The quantitative estimate of drug-likeness (QED) is 0.229. The smallest absolute Gasteiger partial charge is 0.338 e. The second-order valence-electron chi connectivity index (χ2n) is 10.3. The molecule has 1 N–H and O–H groups in total. The average Bonchev–Trinajstić information content (AvgIpc) is 3.73. The van der Waals surface area contributed by atoms with Crippen LogP contribution in [0.25, 0.3) is 23.0 Å². The van der Waals surface area contributed by atoms with Gasteiger partial charge in [0.15, 0.2) is 4.80 Å². The zero-order valence-corrected chi connectivity index (χ0v) is 27.2. The number of thiazole rings is 1. The van der Waals surface area contributed by atoms with Crippen molar-refractivity contribution in [3.05, 3.63) is 125 Å². The predicted octanol–water partition coefficient (Wildman–Crippen LogP) is 5.85. The van der Waals surface area contributed by atoms with E-state index >= 15 is 0 Å². The van der Waals surface area contributed by atoms with Crippen molar-refractivity contribution in [2.45, 2.75) is 39.8 Å². The number of carboxylic acids is 1. The van der Waals surface area contributed by atoms with Crippen LogP contribution >= 0.6 is 34.3 Å². The van der Waals surface area contributed by atoms with E-state index in [0.717, 1.165) is 28.6 Å². The molecule has 0 amide bonds. The highest BCUT2D eigenvalue weighted by atomic mass is 35.5. The molecule has 1 aliphatic heterocycles. The molecule has 1 unspecified atom stereocenters. The molecule has 6 rings (SSSR count). The first-order valence-electron chi connectivity index (χ1n) is 13.9. The van der Waals surface area contributed by atoms with Crippen LogP contribution in [0.15, 0.2) is 99.4 Å². The van der Waals surface area contributed by atoms with Crippen LogP contribution in [-0.4, -0.2) is 37.5 Å². The van der Waals surface area contributed by atoms with Crippen LogP contribution in [0.5, 0.6) is 0 Å². The highest BCUT2D eigenvalue weighted by molar-refractivity contribution is 7.10. The van der Waals surface area contributed by atoms with Crippen LogP contribution in [0.4, 0.5) is 0 Å². The van der Waals surface area contributed by atoms with Gasteiger partial charge in [0.1, 0.15) is 11.7 Å². The number of rotatable bonds is 6. The topological polar surface area (TPSA) is 116 Å². The van der Waals surface area contributed by atoms with Crippen LogP contribution in [0.3, 0.4) is 0 Å². The van der Waals surface area contributed by atoms with Crippen LogP contribution in [0.2, 0.25) is 5.02 Å². The number of nitrogens with zero attached hydrogens (tertiary/aromatic N) is 4. The van der Waals surface area contributed by atoms with E-state index in [-0.39, 0.29) is 11.7 Å². The van der Waals surface area contributed by atoms with E-state index in [2.05, 4.69) is 0 Å². The van der Waals surface area contributed by atoms with Crippen molar-refractivity contribution in [1.82, 2.24) is 14.3 Å². The minimum absolute atomic E-state index is 0.232. The first-order valence-corrected chi connectivity index (χ1v) is 16.0. The first kappa shape index (κ1) is 31.8. The van der Waals surface area contributed by atoms with E-state index in [9.17, 15) is 9.59 Å². The summed E-state index contributed by atoms with van der Waals surface area (Å²) < 4.78 is 9.46. The lowest BCUT2D eigenvalue weighted by Gasteiger charge is -2.24. The van der Waals surface area contributed by atoms with Crippen molar-refractivity contribution in [3.63, 3.8) is 0 Å². The van der Waals surface area contributed by atoms with Gasteiger partial charge in [0.05, 0.1) is 27.6 Å². The second kappa shape index (κ2) is 13.6. The molecule has 1 atom stereocenters. The summed E-state index contributed by atoms with van der Waals surface area (Å²) in [4.78, 5) is 42.4. The molecular formula is C33H29ClN4O5S2. The summed E-state index contributed by atoms with van der Waals surface area (Å²) in [5.74, 6) is -1.30.